The lowest BCUT2D eigenvalue weighted by atomic mass is 10.1. The van der Waals surface area contributed by atoms with Crippen LogP contribution in [0.4, 0.5) is 0 Å². The van der Waals surface area contributed by atoms with Crippen molar-refractivity contribution in [3.05, 3.63) is 102 Å². The van der Waals surface area contributed by atoms with Gasteiger partial charge in [-0.3, -0.25) is 4.98 Å². The molecule has 29 heavy (non-hydrogen) atoms. The van der Waals surface area contributed by atoms with Gasteiger partial charge in [0, 0.05) is 25.7 Å². The number of ether oxygens (including phenoxy) is 1. The molecule has 0 aliphatic rings. The van der Waals surface area contributed by atoms with Crippen LogP contribution in [0.5, 0.6) is 0 Å². The predicted octanol–water partition coefficient (Wildman–Crippen LogP) is 5.63. The number of nitrogens with one attached hydrogen (secondary N) is 1. The monoisotopic (exact) mass is 477 g/mol. The molecule has 1 heterocycles. The van der Waals surface area contributed by atoms with Gasteiger partial charge in [-0.25, -0.2) is 4.57 Å². The molecule has 0 fully saturated rings. The molecule has 0 aliphatic heterocycles. The van der Waals surface area contributed by atoms with E-state index in [0.717, 1.165) is 11.1 Å². The lowest BCUT2D eigenvalue weighted by Gasteiger charge is -2.19. The summed E-state index contributed by atoms with van der Waals surface area (Å²) in [5, 5.41) is 17.1. The Morgan fingerprint density at radius 2 is 1.66 bits per heavy atom. The molecule has 0 bridgehead atoms. The molecule has 0 saturated heterocycles. The number of rotatable bonds is 6. The molecule has 0 aliphatic carbocycles. The molecule has 11 heteroatoms. The summed E-state index contributed by atoms with van der Waals surface area (Å²) in [6, 6.07) is 10.7. The number of imidazole rings is 1. The number of hydrogen-bond donors (Lipinski definition) is 1. The second kappa shape index (κ2) is 11.2. The van der Waals surface area contributed by atoms with Crippen LogP contribution in [-0.2, 0) is 17.9 Å². The van der Waals surface area contributed by atoms with Gasteiger partial charge >= 0.3 is 0 Å². The van der Waals surface area contributed by atoms with Gasteiger partial charge in [0.2, 0.25) is 6.33 Å². The van der Waals surface area contributed by atoms with Gasteiger partial charge in [0.05, 0.1) is 11.7 Å². The van der Waals surface area contributed by atoms with Crippen molar-refractivity contribution in [3.63, 3.8) is 0 Å². The molecule has 7 nitrogen and oxygen atoms in total. The molecule has 0 amide bonds. The van der Waals surface area contributed by atoms with Crippen molar-refractivity contribution >= 4 is 46.4 Å². The molecule has 154 valence electrons. The third kappa shape index (κ3) is 7.72. The lowest BCUT2D eigenvalue weighted by molar-refractivity contribution is -0.704. The number of nitrogens with zero attached hydrogens (tertiary/aromatic N) is 2. The van der Waals surface area contributed by atoms with Crippen molar-refractivity contribution < 1.29 is 14.4 Å². The van der Waals surface area contributed by atoms with Crippen LogP contribution in [0, 0.1) is 15.3 Å². The zero-order chi connectivity index (χ0) is 21.4. The van der Waals surface area contributed by atoms with Crippen molar-refractivity contribution in [3.8, 4) is 0 Å². The average Bonchev–Trinajstić information content (AvgIpc) is 3.13. The first-order valence-electron chi connectivity index (χ1n) is 8.10. The number of halogens is 4. The van der Waals surface area contributed by atoms with E-state index in [1.165, 1.54) is 0 Å². The van der Waals surface area contributed by atoms with Gasteiger partial charge in [-0.2, -0.15) is 0 Å². The first kappa shape index (κ1) is 23.3. The van der Waals surface area contributed by atoms with Crippen molar-refractivity contribution in [1.29, 1.82) is 0 Å². The molecule has 0 spiro atoms. The van der Waals surface area contributed by atoms with Crippen LogP contribution in [0.2, 0.25) is 20.1 Å². The number of aromatic nitrogens is 2. The van der Waals surface area contributed by atoms with Crippen LogP contribution in [0.3, 0.4) is 0 Å². The Labute approximate surface area is 186 Å². The Morgan fingerprint density at radius 3 is 2.21 bits per heavy atom. The van der Waals surface area contributed by atoms with E-state index in [9.17, 15) is 0 Å². The summed E-state index contributed by atoms with van der Waals surface area (Å²) in [7, 11) is 0. The van der Waals surface area contributed by atoms with Crippen LogP contribution in [0.1, 0.15) is 17.2 Å². The van der Waals surface area contributed by atoms with Gasteiger partial charge in [0.1, 0.15) is 25.0 Å². The molecule has 3 aromatic rings. The molecular formula is C18H15Cl4N3O4. The summed E-state index contributed by atoms with van der Waals surface area (Å²) in [5.74, 6) is 0. The second-order valence-corrected chi connectivity index (χ2v) is 7.42. The summed E-state index contributed by atoms with van der Waals surface area (Å²) in [6.45, 7) is 0.931. The van der Waals surface area contributed by atoms with E-state index in [1.807, 2.05) is 35.4 Å². The molecule has 1 unspecified atom stereocenters. The molecule has 3 rings (SSSR count). The van der Waals surface area contributed by atoms with Crippen LogP contribution < -0.4 is 4.57 Å². The fourth-order valence-electron chi connectivity index (χ4n) is 2.46. The fraction of sp³-hybridized carbons (Fsp3) is 0.167. The van der Waals surface area contributed by atoms with Gasteiger partial charge in [-0.1, -0.05) is 58.5 Å². The van der Waals surface area contributed by atoms with E-state index in [4.69, 9.17) is 66.5 Å². The number of benzene rings is 2. The van der Waals surface area contributed by atoms with E-state index >= 15 is 0 Å². The van der Waals surface area contributed by atoms with Gasteiger partial charge in [-0.05, 0) is 29.8 Å². The van der Waals surface area contributed by atoms with Gasteiger partial charge in [0.15, 0.2) is 0 Å². The molecular weight excluding hydrogens is 464 g/mol. The summed E-state index contributed by atoms with van der Waals surface area (Å²) in [4.78, 5) is 11.3. The largest absolute Gasteiger partial charge is 0.365 e. The third-order valence-electron chi connectivity index (χ3n) is 3.74. The van der Waals surface area contributed by atoms with Gasteiger partial charge in [0.25, 0.3) is 0 Å². The van der Waals surface area contributed by atoms with Crippen LogP contribution in [-0.4, -0.2) is 10.1 Å². The summed E-state index contributed by atoms with van der Waals surface area (Å²) in [6.07, 6.45) is 5.36. The minimum atomic E-state index is -1.75. The second-order valence-electron chi connectivity index (χ2n) is 5.73. The minimum absolute atomic E-state index is 0.266. The SMILES string of the molecule is Clc1ccc(COC(C[n+]2cc[nH]c2)c2ccc(Cl)cc2Cl)c(Cl)c1.O=[N+]([O-])[O-]. The van der Waals surface area contributed by atoms with Crippen molar-refractivity contribution in [2.45, 2.75) is 19.3 Å². The Kier molecular flexibility index (Phi) is 9.00. The first-order valence-corrected chi connectivity index (χ1v) is 9.61. The average molecular weight is 479 g/mol. The quantitative estimate of drug-likeness (QED) is 0.282. The highest BCUT2D eigenvalue weighted by Crippen LogP contribution is 2.30. The number of hydrogen-bond acceptors (Lipinski definition) is 4. The molecule has 0 saturated carbocycles. The lowest BCUT2D eigenvalue weighted by Crippen LogP contribution is -2.35. The normalized spacial score (nSPS) is 11.4. The van der Waals surface area contributed by atoms with E-state index in [0.29, 0.717) is 33.2 Å². The topological polar surface area (TPSA) is 95.1 Å². The van der Waals surface area contributed by atoms with Crippen LogP contribution in [0.15, 0.2) is 55.1 Å². The predicted molar refractivity (Wildman–Crippen MR) is 112 cm³/mol. The van der Waals surface area contributed by atoms with E-state index < -0.39 is 5.09 Å². The van der Waals surface area contributed by atoms with E-state index in [-0.39, 0.29) is 6.10 Å². The minimum Gasteiger partial charge on any atom is -0.365 e. The zero-order valence-corrected chi connectivity index (χ0v) is 17.8. The fourth-order valence-corrected chi connectivity index (χ4v) is 3.45. The number of H-pyrrole nitrogens is 1. The summed E-state index contributed by atoms with van der Waals surface area (Å²) in [5.41, 5.74) is 1.73. The third-order valence-corrected chi connectivity index (χ3v) is 4.89. The van der Waals surface area contributed by atoms with Crippen molar-refractivity contribution in [2.75, 3.05) is 0 Å². The smallest absolute Gasteiger partial charge is 0.241 e. The van der Waals surface area contributed by atoms with Crippen molar-refractivity contribution in [2.24, 2.45) is 0 Å². The summed E-state index contributed by atoms with van der Waals surface area (Å²) >= 11 is 24.6. The Balaban J connectivity index is 0.000000687. The molecule has 1 N–H and O–H groups in total. The number of aromatic amines is 1. The maximum Gasteiger partial charge on any atom is 0.241 e. The van der Waals surface area contributed by atoms with E-state index in [1.54, 1.807) is 24.3 Å². The van der Waals surface area contributed by atoms with Crippen LogP contribution >= 0.6 is 46.4 Å². The molecule has 0 radical (unpaired) electrons. The van der Waals surface area contributed by atoms with Gasteiger partial charge in [-0.15, -0.1) is 0 Å². The molecule has 1 atom stereocenters. The van der Waals surface area contributed by atoms with Crippen molar-refractivity contribution in [1.82, 2.24) is 4.98 Å². The Bertz CT molecular complexity index is 950. The standard InChI is InChI=1S/C18H14Cl4N2O.NO3/c19-13-2-1-12(16(21)7-13)10-25-18(9-24-6-5-23-11-24)15-4-3-14(20)8-17(15)22;2-1(3)4/h1-8,11,18H,9-10H2;/q;-1/p+1. The summed E-state index contributed by atoms with van der Waals surface area (Å²) < 4.78 is 8.12. The zero-order valence-electron chi connectivity index (χ0n) is 14.7. The molecule has 1 aromatic heterocycles. The maximum absolute atomic E-state index is 8.25. The Morgan fingerprint density at radius 1 is 1.03 bits per heavy atom. The molecule has 2 aromatic carbocycles. The highest BCUT2D eigenvalue weighted by atomic mass is 35.5. The highest BCUT2D eigenvalue weighted by molar-refractivity contribution is 6.35. The van der Waals surface area contributed by atoms with Gasteiger partial charge < -0.3 is 20.1 Å². The maximum atomic E-state index is 8.25. The first-order chi connectivity index (χ1) is 13.8. The van der Waals surface area contributed by atoms with E-state index in [2.05, 4.69) is 4.98 Å². The Hall–Kier alpha value is -2.03. The van der Waals surface area contributed by atoms with Crippen LogP contribution in [0.25, 0.3) is 0 Å². The highest BCUT2D eigenvalue weighted by Gasteiger charge is 2.19.